The van der Waals surface area contributed by atoms with Crippen molar-refractivity contribution < 1.29 is 0 Å². The third-order valence-corrected chi connectivity index (χ3v) is 3.41. The average Bonchev–Trinajstić information content (AvgIpc) is 2.46. The molecule has 0 aromatic heterocycles. The molecule has 78 valence electrons. The van der Waals surface area contributed by atoms with Crippen molar-refractivity contribution in [3.63, 3.8) is 0 Å². The van der Waals surface area contributed by atoms with Gasteiger partial charge in [-0.3, -0.25) is 4.99 Å². The van der Waals surface area contributed by atoms with Crippen LogP contribution in [0.2, 0.25) is 0 Å². The van der Waals surface area contributed by atoms with E-state index in [9.17, 15) is 0 Å². The fraction of sp³-hybridized carbons (Fsp3) is 0.583. The number of thioether (sulfide) groups is 1. The molecule has 0 unspecified atom stereocenters. The molecule has 0 bridgehead atoms. The summed E-state index contributed by atoms with van der Waals surface area (Å²) in [7, 11) is 0. The average molecular weight is 209 g/mol. The zero-order valence-electron chi connectivity index (χ0n) is 9.72. The lowest BCUT2D eigenvalue weighted by Gasteiger charge is -2.09. The predicted octanol–water partition coefficient (Wildman–Crippen LogP) is 4.03. The number of aliphatic imine (C=N–C) groups is 1. The topological polar surface area (TPSA) is 12.4 Å². The van der Waals surface area contributed by atoms with Gasteiger partial charge in [0.15, 0.2) is 0 Å². The van der Waals surface area contributed by atoms with Crippen molar-refractivity contribution in [2.24, 2.45) is 10.9 Å². The van der Waals surface area contributed by atoms with Gasteiger partial charge in [0.05, 0.1) is 0 Å². The Kier molecular flexibility index (Phi) is 3.99. The summed E-state index contributed by atoms with van der Waals surface area (Å²) >= 11 is 1.80. The molecule has 0 spiro atoms. The van der Waals surface area contributed by atoms with Gasteiger partial charge in [0.2, 0.25) is 0 Å². The zero-order valence-corrected chi connectivity index (χ0v) is 10.5. The first kappa shape index (κ1) is 11.6. The lowest BCUT2D eigenvalue weighted by Crippen LogP contribution is -2.00. The van der Waals surface area contributed by atoms with Crippen molar-refractivity contribution >= 4 is 16.8 Å². The Morgan fingerprint density at radius 2 is 2.14 bits per heavy atom. The fourth-order valence-corrected chi connectivity index (χ4v) is 2.36. The maximum atomic E-state index is 4.53. The van der Waals surface area contributed by atoms with E-state index in [1.165, 1.54) is 21.1 Å². The Labute approximate surface area is 91.4 Å². The molecular formula is C12H19NS. The van der Waals surface area contributed by atoms with Crippen LogP contribution in [0.15, 0.2) is 27.1 Å². The van der Waals surface area contributed by atoms with Gasteiger partial charge in [-0.2, -0.15) is 0 Å². The minimum atomic E-state index is 0.606. The molecule has 0 aromatic carbocycles. The lowest BCUT2D eigenvalue weighted by molar-refractivity contribution is 0.766. The molecule has 0 fully saturated rings. The molecule has 0 saturated carbocycles. The van der Waals surface area contributed by atoms with Gasteiger partial charge >= 0.3 is 0 Å². The van der Waals surface area contributed by atoms with Crippen LogP contribution in [0, 0.1) is 5.92 Å². The summed E-state index contributed by atoms with van der Waals surface area (Å²) in [4.78, 5) is 5.88. The van der Waals surface area contributed by atoms with Gasteiger partial charge in [-0.05, 0) is 37.7 Å². The van der Waals surface area contributed by atoms with Gasteiger partial charge < -0.3 is 0 Å². The number of hydrogen-bond acceptors (Lipinski definition) is 2. The van der Waals surface area contributed by atoms with Crippen molar-refractivity contribution in [2.75, 3.05) is 6.54 Å². The summed E-state index contributed by atoms with van der Waals surface area (Å²) < 4.78 is 0. The van der Waals surface area contributed by atoms with E-state index in [1.54, 1.807) is 11.8 Å². The van der Waals surface area contributed by atoms with E-state index in [-0.39, 0.29) is 0 Å². The highest BCUT2D eigenvalue weighted by Crippen LogP contribution is 2.34. The monoisotopic (exact) mass is 209 g/mol. The molecule has 0 saturated heterocycles. The third-order valence-electron chi connectivity index (χ3n) is 2.43. The molecule has 2 heteroatoms. The number of allylic oxidation sites excluding steroid dienone is 3. The molecule has 0 aliphatic carbocycles. The van der Waals surface area contributed by atoms with Crippen LogP contribution in [0.5, 0.6) is 0 Å². The van der Waals surface area contributed by atoms with Gasteiger partial charge in [-0.15, -0.1) is 0 Å². The molecule has 1 rings (SSSR count). The van der Waals surface area contributed by atoms with Gasteiger partial charge in [0, 0.05) is 12.1 Å². The number of nitrogens with zero attached hydrogens (tertiary/aromatic N) is 1. The lowest BCUT2D eigenvalue weighted by atomic mass is 9.99. The second kappa shape index (κ2) is 4.83. The van der Waals surface area contributed by atoms with Crippen LogP contribution in [-0.2, 0) is 0 Å². The summed E-state index contributed by atoms with van der Waals surface area (Å²) in [6.45, 7) is 11.8. The summed E-state index contributed by atoms with van der Waals surface area (Å²) in [5, 5.41) is 1.20. The van der Waals surface area contributed by atoms with Crippen LogP contribution in [0.1, 0.15) is 34.6 Å². The molecule has 0 atom stereocenters. The van der Waals surface area contributed by atoms with Crippen molar-refractivity contribution in [3.05, 3.63) is 22.1 Å². The maximum absolute atomic E-state index is 4.53. The second-order valence-electron chi connectivity index (χ2n) is 3.89. The maximum Gasteiger partial charge on any atom is 0.102 e. The first-order chi connectivity index (χ1) is 6.56. The highest BCUT2D eigenvalue weighted by Gasteiger charge is 2.17. The summed E-state index contributed by atoms with van der Waals surface area (Å²) in [5.41, 5.74) is 2.80. The minimum Gasteiger partial charge on any atom is -0.278 e. The largest absolute Gasteiger partial charge is 0.278 e. The van der Waals surface area contributed by atoms with Gasteiger partial charge in [0.25, 0.3) is 0 Å². The van der Waals surface area contributed by atoms with E-state index >= 15 is 0 Å². The Morgan fingerprint density at radius 3 is 2.64 bits per heavy atom. The van der Waals surface area contributed by atoms with Gasteiger partial charge in [0.1, 0.15) is 5.04 Å². The molecule has 1 aliphatic rings. The second-order valence-corrected chi connectivity index (χ2v) is 5.12. The van der Waals surface area contributed by atoms with E-state index in [2.05, 4.69) is 45.7 Å². The molecule has 0 radical (unpaired) electrons. The molecule has 0 N–H and O–H groups in total. The van der Waals surface area contributed by atoms with Gasteiger partial charge in [-0.25, -0.2) is 0 Å². The SMILES string of the molecule is CCN=C1SC(C)=C/C1=C(/C)C(C)C. The summed E-state index contributed by atoms with van der Waals surface area (Å²) in [5.74, 6) is 0.606. The quantitative estimate of drug-likeness (QED) is 0.669. The van der Waals surface area contributed by atoms with Crippen LogP contribution in [-0.4, -0.2) is 11.6 Å². The van der Waals surface area contributed by atoms with Crippen molar-refractivity contribution in [1.29, 1.82) is 0 Å². The van der Waals surface area contributed by atoms with Crippen molar-refractivity contribution in [3.8, 4) is 0 Å². The first-order valence-electron chi connectivity index (χ1n) is 5.18. The Bertz CT molecular complexity index is 308. The highest BCUT2D eigenvalue weighted by atomic mass is 32.2. The fourth-order valence-electron chi connectivity index (χ4n) is 1.36. The highest BCUT2D eigenvalue weighted by molar-refractivity contribution is 8.18. The molecular weight excluding hydrogens is 190 g/mol. The Hall–Kier alpha value is -0.500. The van der Waals surface area contributed by atoms with Crippen LogP contribution in [0.3, 0.4) is 0 Å². The number of hydrogen-bond donors (Lipinski definition) is 0. The van der Waals surface area contributed by atoms with Gasteiger partial charge in [-0.1, -0.05) is 31.2 Å². The summed E-state index contributed by atoms with van der Waals surface area (Å²) in [6, 6.07) is 0. The number of rotatable bonds is 2. The predicted molar refractivity (Wildman–Crippen MR) is 66.9 cm³/mol. The molecule has 0 aromatic rings. The molecule has 1 nitrogen and oxygen atoms in total. The first-order valence-corrected chi connectivity index (χ1v) is 5.99. The van der Waals surface area contributed by atoms with Crippen molar-refractivity contribution in [2.45, 2.75) is 34.6 Å². The van der Waals surface area contributed by atoms with E-state index in [0.29, 0.717) is 5.92 Å². The Morgan fingerprint density at radius 1 is 1.50 bits per heavy atom. The van der Waals surface area contributed by atoms with Crippen molar-refractivity contribution in [1.82, 2.24) is 0 Å². The van der Waals surface area contributed by atoms with Crippen LogP contribution >= 0.6 is 11.8 Å². The Balaban J connectivity index is 3.07. The zero-order chi connectivity index (χ0) is 10.7. The van der Waals surface area contributed by atoms with Crippen LogP contribution < -0.4 is 0 Å². The standard InChI is InChI=1S/C12H19NS/c1-6-13-12-11(7-9(4)14-12)10(5)8(2)3/h7-8H,6H2,1-5H3/b11-10+,13-12?. The normalized spacial score (nSPS) is 23.3. The molecule has 1 aliphatic heterocycles. The summed E-state index contributed by atoms with van der Waals surface area (Å²) in [6.07, 6.45) is 2.26. The van der Waals surface area contributed by atoms with E-state index in [1.807, 2.05) is 0 Å². The van der Waals surface area contributed by atoms with E-state index in [0.717, 1.165) is 6.54 Å². The van der Waals surface area contributed by atoms with E-state index in [4.69, 9.17) is 0 Å². The molecule has 14 heavy (non-hydrogen) atoms. The van der Waals surface area contributed by atoms with Crippen LogP contribution in [0.4, 0.5) is 0 Å². The third kappa shape index (κ3) is 2.50. The molecule has 0 amide bonds. The molecule has 1 heterocycles. The van der Waals surface area contributed by atoms with Crippen LogP contribution in [0.25, 0.3) is 0 Å². The van der Waals surface area contributed by atoms with E-state index < -0.39 is 0 Å². The minimum absolute atomic E-state index is 0.606. The smallest absolute Gasteiger partial charge is 0.102 e.